The van der Waals surface area contributed by atoms with Crippen LogP contribution < -0.4 is 0 Å². The zero-order chi connectivity index (χ0) is 23.7. The van der Waals surface area contributed by atoms with E-state index in [9.17, 15) is 19.5 Å². The van der Waals surface area contributed by atoms with E-state index in [1.165, 1.54) is 4.90 Å². The number of aliphatic hydroxyl groups excluding tert-OH is 1. The molecule has 0 aromatic heterocycles. The number of likely N-dealkylation sites (tertiary alicyclic amines) is 1. The molecule has 0 saturated carbocycles. The number of carbonyl (C=O) groups excluding carboxylic acids is 3. The Morgan fingerprint density at radius 3 is 2.69 bits per heavy atom. The van der Waals surface area contributed by atoms with E-state index in [0.717, 1.165) is 19.3 Å². The molecule has 0 aromatic rings. The standard InChI is InChI=1S/C24H38N2O6/c1-6-9-10-12-25(11-7-2)21(29)19-24-15-16(4)23(5,32-24)18(22(30)31-8-3)17(24)20(28)26(19)13-14-27/h7,16-19,27H,2,6,8-15H2,1,3-5H3/t16?,17-,18-,19?,23+,24?/m0/s1. The van der Waals surface area contributed by atoms with Gasteiger partial charge < -0.3 is 24.4 Å². The maximum Gasteiger partial charge on any atom is 0.312 e. The van der Waals surface area contributed by atoms with E-state index in [2.05, 4.69) is 13.5 Å². The smallest absolute Gasteiger partial charge is 0.312 e. The van der Waals surface area contributed by atoms with Crippen LogP contribution >= 0.6 is 0 Å². The van der Waals surface area contributed by atoms with Gasteiger partial charge in [-0.15, -0.1) is 6.58 Å². The van der Waals surface area contributed by atoms with Gasteiger partial charge in [0.2, 0.25) is 11.8 Å². The largest absolute Gasteiger partial charge is 0.466 e. The molecule has 3 aliphatic rings. The minimum absolute atomic E-state index is 0.0222. The lowest BCUT2D eigenvalue weighted by Gasteiger charge is -2.37. The lowest BCUT2D eigenvalue weighted by atomic mass is 9.62. The summed E-state index contributed by atoms with van der Waals surface area (Å²) in [4.78, 5) is 43.7. The number of unbranched alkanes of at least 4 members (excludes halogenated alkanes) is 2. The molecule has 1 N–H and O–H groups in total. The first-order valence-electron chi connectivity index (χ1n) is 11.9. The number of hydrogen-bond acceptors (Lipinski definition) is 6. The molecule has 3 saturated heterocycles. The molecular weight excluding hydrogens is 412 g/mol. The van der Waals surface area contributed by atoms with Crippen molar-refractivity contribution in [2.45, 2.75) is 70.6 Å². The number of ether oxygens (including phenoxy) is 2. The molecule has 0 aliphatic carbocycles. The Hall–Kier alpha value is -1.93. The molecule has 8 nitrogen and oxygen atoms in total. The van der Waals surface area contributed by atoms with Gasteiger partial charge in [-0.05, 0) is 32.6 Å². The van der Waals surface area contributed by atoms with Crippen LogP contribution in [0.5, 0.6) is 0 Å². The Morgan fingerprint density at radius 1 is 1.38 bits per heavy atom. The average molecular weight is 451 g/mol. The molecule has 180 valence electrons. The number of hydrogen-bond donors (Lipinski definition) is 1. The Balaban J connectivity index is 2.03. The number of amides is 2. The van der Waals surface area contributed by atoms with Crippen molar-refractivity contribution in [3.05, 3.63) is 12.7 Å². The average Bonchev–Trinajstić information content (AvgIpc) is 3.25. The topological polar surface area (TPSA) is 96.4 Å². The van der Waals surface area contributed by atoms with Crippen molar-refractivity contribution in [1.82, 2.24) is 9.80 Å². The molecule has 32 heavy (non-hydrogen) atoms. The van der Waals surface area contributed by atoms with Crippen LogP contribution in [0.3, 0.4) is 0 Å². The molecule has 2 bridgehead atoms. The summed E-state index contributed by atoms with van der Waals surface area (Å²) in [5.41, 5.74) is -1.97. The summed E-state index contributed by atoms with van der Waals surface area (Å²) in [6.45, 7) is 12.4. The Labute approximate surface area is 190 Å². The van der Waals surface area contributed by atoms with Crippen LogP contribution in [0.1, 0.15) is 53.4 Å². The first-order chi connectivity index (χ1) is 15.2. The van der Waals surface area contributed by atoms with Crippen LogP contribution in [0, 0.1) is 17.8 Å². The molecule has 0 aromatic carbocycles. The van der Waals surface area contributed by atoms with Crippen molar-refractivity contribution in [3.8, 4) is 0 Å². The third-order valence-corrected chi connectivity index (χ3v) is 7.62. The Bertz CT molecular complexity index is 757. The predicted octanol–water partition coefficient (Wildman–Crippen LogP) is 1.76. The molecule has 2 amide bonds. The first-order valence-corrected chi connectivity index (χ1v) is 11.9. The third kappa shape index (κ3) is 3.65. The number of carbonyl (C=O) groups is 3. The second-order valence-corrected chi connectivity index (χ2v) is 9.49. The molecule has 6 atom stereocenters. The van der Waals surface area contributed by atoms with Crippen LogP contribution in [0.2, 0.25) is 0 Å². The van der Waals surface area contributed by atoms with Crippen molar-refractivity contribution >= 4 is 17.8 Å². The van der Waals surface area contributed by atoms with E-state index >= 15 is 0 Å². The molecule has 0 radical (unpaired) electrons. The summed E-state index contributed by atoms with van der Waals surface area (Å²) in [5.74, 6) is -2.55. The first kappa shape index (κ1) is 24.7. The van der Waals surface area contributed by atoms with Crippen LogP contribution in [0.15, 0.2) is 12.7 Å². The molecule has 8 heteroatoms. The quantitative estimate of drug-likeness (QED) is 0.293. The van der Waals surface area contributed by atoms with Crippen molar-refractivity contribution in [2.24, 2.45) is 17.8 Å². The van der Waals surface area contributed by atoms with Crippen LogP contribution in [-0.2, 0) is 23.9 Å². The van der Waals surface area contributed by atoms with E-state index < -0.39 is 35.0 Å². The van der Waals surface area contributed by atoms with Crippen molar-refractivity contribution in [2.75, 3.05) is 32.8 Å². The molecule has 3 rings (SSSR count). The normalized spacial score (nSPS) is 35.2. The van der Waals surface area contributed by atoms with Crippen LogP contribution in [0.25, 0.3) is 0 Å². The predicted molar refractivity (Wildman–Crippen MR) is 119 cm³/mol. The summed E-state index contributed by atoms with van der Waals surface area (Å²) in [6, 6.07) is -0.877. The van der Waals surface area contributed by atoms with Gasteiger partial charge in [0.15, 0.2) is 0 Å². The van der Waals surface area contributed by atoms with Crippen molar-refractivity contribution in [1.29, 1.82) is 0 Å². The van der Waals surface area contributed by atoms with Gasteiger partial charge in [0, 0.05) is 19.6 Å². The maximum atomic E-state index is 13.9. The highest BCUT2D eigenvalue weighted by Crippen LogP contribution is 2.65. The summed E-state index contributed by atoms with van der Waals surface area (Å²) < 4.78 is 11.9. The number of β-amino-alcohol motifs (C(OH)–C–C–N with tert-alkyl or cyclic N) is 1. The fraction of sp³-hybridized carbons (Fsp3) is 0.792. The summed E-state index contributed by atoms with van der Waals surface area (Å²) in [7, 11) is 0. The maximum absolute atomic E-state index is 13.9. The Kier molecular flexibility index (Phi) is 7.34. The van der Waals surface area contributed by atoms with Gasteiger partial charge in [-0.25, -0.2) is 0 Å². The lowest BCUT2D eigenvalue weighted by molar-refractivity contribution is -0.162. The van der Waals surface area contributed by atoms with Gasteiger partial charge >= 0.3 is 5.97 Å². The number of rotatable bonds is 11. The van der Waals surface area contributed by atoms with Gasteiger partial charge in [0.25, 0.3) is 0 Å². The zero-order valence-corrected chi connectivity index (χ0v) is 19.8. The lowest BCUT2D eigenvalue weighted by Crippen LogP contribution is -2.57. The monoisotopic (exact) mass is 450 g/mol. The van der Waals surface area contributed by atoms with E-state index in [-0.39, 0.29) is 37.5 Å². The van der Waals surface area contributed by atoms with Gasteiger partial charge in [-0.2, -0.15) is 0 Å². The molecule has 3 unspecified atom stereocenters. The SMILES string of the molecule is C=CCN(CCCCC)C(=O)C1N(CCO)C(=O)[C@@H]2[C@@H](C(=O)OCC)[C@]3(C)OC12CC3C. The van der Waals surface area contributed by atoms with Crippen molar-refractivity contribution < 1.29 is 29.0 Å². The molecular formula is C24H38N2O6. The van der Waals surface area contributed by atoms with E-state index in [0.29, 0.717) is 19.5 Å². The van der Waals surface area contributed by atoms with Gasteiger partial charge in [0.1, 0.15) is 17.6 Å². The fourth-order valence-electron chi connectivity index (χ4n) is 6.13. The molecule has 3 heterocycles. The number of nitrogens with zero attached hydrogens (tertiary/aromatic N) is 2. The van der Waals surface area contributed by atoms with E-state index in [4.69, 9.17) is 9.47 Å². The summed E-state index contributed by atoms with van der Waals surface area (Å²) in [5, 5.41) is 9.68. The fourth-order valence-corrected chi connectivity index (χ4v) is 6.13. The van der Waals surface area contributed by atoms with Crippen LogP contribution in [-0.4, -0.2) is 82.8 Å². The third-order valence-electron chi connectivity index (χ3n) is 7.62. The van der Waals surface area contributed by atoms with E-state index in [1.54, 1.807) is 17.9 Å². The molecule has 3 fully saturated rings. The van der Waals surface area contributed by atoms with Gasteiger partial charge in [0.05, 0.1) is 24.7 Å². The van der Waals surface area contributed by atoms with Crippen LogP contribution in [0.4, 0.5) is 0 Å². The zero-order valence-electron chi connectivity index (χ0n) is 19.8. The van der Waals surface area contributed by atoms with Gasteiger partial charge in [-0.3, -0.25) is 14.4 Å². The second-order valence-electron chi connectivity index (χ2n) is 9.49. The minimum atomic E-state index is -1.10. The Morgan fingerprint density at radius 2 is 2.09 bits per heavy atom. The molecule has 1 spiro atoms. The highest BCUT2D eigenvalue weighted by atomic mass is 16.6. The van der Waals surface area contributed by atoms with Gasteiger partial charge in [-0.1, -0.05) is 32.8 Å². The highest BCUT2D eigenvalue weighted by Gasteiger charge is 2.80. The van der Waals surface area contributed by atoms with E-state index in [1.807, 2.05) is 13.8 Å². The number of aliphatic hydroxyl groups is 1. The molecule has 3 aliphatic heterocycles. The number of fused-ring (bicyclic) bond motifs is 1. The summed E-state index contributed by atoms with van der Waals surface area (Å²) >= 11 is 0. The highest BCUT2D eigenvalue weighted by molar-refractivity contribution is 5.98. The second kappa shape index (κ2) is 9.51. The van der Waals surface area contributed by atoms with Crippen molar-refractivity contribution in [3.63, 3.8) is 0 Å². The minimum Gasteiger partial charge on any atom is -0.466 e. The number of esters is 1. The summed E-state index contributed by atoms with van der Waals surface area (Å²) in [6.07, 6.45) is 5.07.